The summed E-state index contributed by atoms with van der Waals surface area (Å²) in [6.45, 7) is 4.31. The summed E-state index contributed by atoms with van der Waals surface area (Å²) >= 11 is 0. The summed E-state index contributed by atoms with van der Waals surface area (Å²) in [4.78, 5) is 11.0. The summed E-state index contributed by atoms with van der Waals surface area (Å²) in [6, 6.07) is 11.5. The van der Waals surface area contributed by atoms with Crippen LogP contribution in [0.15, 0.2) is 36.4 Å². The standard InChI is InChI=1S/C16H20N2O2/c1-16(2,9-15(17)20)18-10-13-12-6-4-3-5-11(12)7-8-14(13)19/h3-8,18-19H,9-10H2,1-2H3,(H2,17,20). The van der Waals surface area contributed by atoms with Crippen LogP contribution in [0.2, 0.25) is 0 Å². The summed E-state index contributed by atoms with van der Waals surface area (Å²) < 4.78 is 0. The Labute approximate surface area is 118 Å². The predicted molar refractivity (Wildman–Crippen MR) is 80.3 cm³/mol. The Morgan fingerprint density at radius 3 is 2.65 bits per heavy atom. The lowest BCUT2D eigenvalue weighted by atomic mass is 9.98. The van der Waals surface area contributed by atoms with Gasteiger partial charge in [0.25, 0.3) is 0 Å². The Morgan fingerprint density at radius 2 is 1.95 bits per heavy atom. The highest BCUT2D eigenvalue weighted by molar-refractivity contribution is 5.87. The van der Waals surface area contributed by atoms with Crippen molar-refractivity contribution in [1.29, 1.82) is 0 Å². The van der Waals surface area contributed by atoms with Gasteiger partial charge in [-0.15, -0.1) is 0 Å². The second kappa shape index (κ2) is 5.51. The molecule has 1 amide bonds. The number of amides is 1. The van der Waals surface area contributed by atoms with Crippen LogP contribution in [0.25, 0.3) is 10.8 Å². The van der Waals surface area contributed by atoms with E-state index in [9.17, 15) is 9.90 Å². The SMILES string of the molecule is CC(C)(CC(N)=O)NCc1c(O)ccc2ccccc12. The lowest BCUT2D eigenvalue weighted by molar-refractivity contribution is -0.119. The minimum atomic E-state index is -0.408. The molecule has 2 aromatic carbocycles. The van der Waals surface area contributed by atoms with Gasteiger partial charge in [0.1, 0.15) is 5.75 Å². The molecular weight excluding hydrogens is 252 g/mol. The highest BCUT2D eigenvalue weighted by atomic mass is 16.3. The third-order valence-electron chi connectivity index (χ3n) is 3.38. The second-order valence-electron chi connectivity index (χ2n) is 5.66. The first-order valence-electron chi connectivity index (χ1n) is 6.62. The van der Waals surface area contributed by atoms with Gasteiger partial charge in [0.05, 0.1) is 0 Å². The van der Waals surface area contributed by atoms with Crippen molar-refractivity contribution in [1.82, 2.24) is 5.32 Å². The minimum Gasteiger partial charge on any atom is -0.508 e. The number of hydrogen-bond donors (Lipinski definition) is 3. The average molecular weight is 272 g/mol. The Bertz CT molecular complexity index is 635. The molecule has 0 radical (unpaired) electrons. The van der Waals surface area contributed by atoms with Gasteiger partial charge in [-0.05, 0) is 30.7 Å². The molecule has 0 atom stereocenters. The van der Waals surface area contributed by atoms with E-state index in [2.05, 4.69) is 5.32 Å². The number of primary amides is 1. The molecule has 20 heavy (non-hydrogen) atoms. The van der Waals surface area contributed by atoms with Gasteiger partial charge in [-0.2, -0.15) is 0 Å². The van der Waals surface area contributed by atoms with E-state index in [-0.39, 0.29) is 18.1 Å². The van der Waals surface area contributed by atoms with Crippen LogP contribution in [-0.4, -0.2) is 16.6 Å². The molecule has 0 aliphatic rings. The fourth-order valence-electron chi connectivity index (χ4n) is 2.34. The van der Waals surface area contributed by atoms with Crippen molar-refractivity contribution >= 4 is 16.7 Å². The van der Waals surface area contributed by atoms with Crippen molar-refractivity contribution in [2.45, 2.75) is 32.4 Å². The molecule has 0 aliphatic carbocycles. The number of aromatic hydroxyl groups is 1. The van der Waals surface area contributed by atoms with Gasteiger partial charge >= 0.3 is 0 Å². The molecule has 0 aromatic heterocycles. The molecule has 106 valence electrons. The highest BCUT2D eigenvalue weighted by Crippen LogP contribution is 2.27. The molecule has 0 bridgehead atoms. The molecule has 0 unspecified atom stereocenters. The van der Waals surface area contributed by atoms with Gasteiger partial charge in [-0.1, -0.05) is 30.3 Å². The first kappa shape index (κ1) is 14.3. The average Bonchev–Trinajstić information content (AvgIpc) is 2.36. The zero-order valence-corrected chi connectivity index (χ0v) is 11.8. The van der Waals surface area contributed by atoms with Gasteiger partial charge in [0, 0.05) is 24.1 Å². The van der Waals surface area contributed by atoms with E-state index in [0.717, 1.165) is 16.3 Å². The van der Waals surface area contributed by atoms with Crippen LogP contribution in [0.4, 0.5) is 0 Å². The number of carbonyl (C=O) groups is 1. The normalized spacial score (nSPS) is 11.7. The van der Waals surface area contributed by atoms with Crippen molar-refractivity contribution in [3.05, 3.63) is 42.0 Å². The Kier molecular flexibility index (Phi) is 3.95. The van der Waals surface area contributed by atoms with Gasteiger partial charge in [-0.3, -0.25) is 4.79 Å². The van der Waals surface area contributed by atoms with E-state index < -0.39 is 5.54 Å². The fraction of sp³-hybridized carbons (Fsp3) is 0.312. The highest BCUT2D eigenvalue weighted by Gasteiger charge is 2.20. The Morgan fingerprint density at radius 1 is 1.25 bits per heavy atom. The smallest absolute Gasteiger partial charge is 0.219 e. The molecule has 2 rings (SSSR count). The number of phenolic OH excluding ortho intramolecular Hbond substituents is 1. The largest absolute Gasteiger partial charge is 0.508 e. The number of carbonyl (C=O) groups excluding carboxylic acids is 1. The lowest BCUT2D eigenvalue weighted by Gasteiger charge is -2.25. The number of nitrogens with one attached hydrogen (secondary N) is 1. The lowest BCUT2D eigenvalue weighted by Crippen LogP contribution is -2.42. The number of phenols is 1. The van der Waals surface area contributed by atoms with Gasteiger partial charge in [0.2, 0.25) is 5.91 Å². The van der Waals surface area contributed by atoms with Crippen LogP contribution >= 0.6 is 0 Å². The van der Waals surface area contributed by atoms with Crippen molar-refractivity contribution in [2.75, 3.05) is 0 Å². The van der Waals surface area contributed by atoms with Crippen LogP contribution in [0, 0.1) is 0 Å². The molecular formula is C16H20N2O2. The molecule has 0 saturated carbocycles. The fourth-order valence-corrected chi connectivity index (χ4v) is 2.34. The zero-order valence-electron chi connectivity index (χ0n) is 11.8. The third kappa shape index (κ3) is 3.27. The maximum atomic E-state index is 11.0. The summed E-state index contributed by atoms with van der Waals surface area (Å²) in [7, 11) is 0. The quantitative estimate of drug-likeness (QED) is 0.781. The summed E-state index contributed by atoms with van der Waals surface area (Å²) in [6.07, 6.45) is 0.249. The van der Waals surface area contributed by atoms with Gasteiger partial charge in [-0.25, -0.2) is 0 Å². The Hall–Kier alpha value is -2.07. The van der Waals surface area contributed by atoms with E-state index in [4.69, 9.17) is 5.73 Å². The maximum Gasteiger partial charge on any atom is 0.219 e. The number of rotatable bonds is 5. The molecule has 0 fully saturated rings. The number of fused-ring (bicyclic) bond motifs is 1. The Balaban J connectivity index is 2.25. The van der Waals surface area contributed by atoms with E-state index >= 15 is 0 Å². The molecule has 0 aliphatic heterocycles. The number of hydrogen-bond acceptors (Lipinski definition) is 3. The van der Waals surface area contributed by atoms with E-state index in [1.165, 1.54) is 0 Å². The van der Waals surface area contributed by atoms with Crippen molar-refractivity contribution in [2.24, 2.45) is 5.73 Å². The first-order valence-corrected chi connectivity index (χ1v) is 6.62. The van der Waals surface area contributed by atoms with Gasteiger partial charge < -0.3 is 16.2 Å². The van der Waals surface area contributed by atoms with Crippen molar-refractivity contribution < 1.29 is 9.90 Å². The second-order valence-corrected chi connectivity index (χ2v) is 5.66. The minimum absolute atomic E-state index is 0.249. The monoisotopic (exact) mass is 272 g/mol. The van der Waals surface area contributed by atoms with E-state index in [1.54, 1.807) is 6.07 Å². The van der Waals surface area contributed by atoms with Gasteiger partial charge in [0.15, 0.2) is 0 Å². The molecule has 0 saturated heterocycles. The molecule has 0 spiro atoms. The van der Waals surface area contributed by atoms with E-state index in [1.807, 2.05) is 44.2 Å². The van der Waals surface area contributed by atoms with Crippen LogP contribution in [0.3, 0.4) is 0 Å². The van der Waals surface area contributed by atoms with Crippen LogP contribution in [0.1, 0.15) is 25.8 Å². The number of benzene rings is 2. The first-order chi connectivity index (χ1) is 9.39. The number of nitrogens with two attached hydrogens (primary N) is 1. The van der Waals surface area contributed by atoms with Crippen molar-refractivity contribution in [3.8, 4) is 5.75 Å². The molecule has 2 aromatic rings. The maximum absolute atomic E-state index is 11.0. The molecule has 0 heterocycles. The van der Waals surface area contributed by atoms with Crippen LogP contribution < -0.4 is 11.1 Å². The molecule has 4 nitrogen and oxygen atoms in total. The van der Waals surface area contributed by atoms with E-state index in [0.29, 0.717) is 6.54 Å². The summed E-state index contributed by atoms with van der Waals surface area (Å²) in [5.74, 6) is -0.0873. The third-order valence-corrected chi connectivity index (χ3v) is 3.38. The summed E-state index contributed by atoms with van der Waals surface area (Å²) in [5.41, 5.74) is 5.67. The zero-order chi connectivity index (χ0) is 14.8. The predicted octanol–water partition coefficient (Wildman–Crippen LogP) is 2.29. The van der Waals surface area contributed by atoms with Crippen LogP contribution in [0.5, 0.6) is 5.75 Å². The van der Waals surface area contributed by atoms with Crippen LogP contribution in [-0.2, 0) is 11.3 Å². The van der Waals surface area contributed by atoms with Crippen molar-refractivity contribution in [3.63, 3.8) is 0 Å². The summed E-state index contributed by atoms with van der Waals surface area (Å²) in [5, 5.41) is 15.4. The molecule has 4 heteroatoms. The topological polar surface area (TPSA) is 75.4 Å². The molecule has 4 N–H and O–H groups in total.